The van der Waals surface area contributed by atoms with Gasteiger partial charge in [-0.2, -0.15) is 0 Å². The fourth-order valence-corrected chi connectivity index (χ4v) is 2.20. The van der Waals surface area contributed by atoms with E-state index in [1.54, 1.807) is 5.57 Å². The van der Waals surface area contributed by atoms with Crippen LogP contribution in [-0.2, 0) is 6.42 Å². The Bertz CT molecular complexity index is 347. The molecule has 1 aliphatic carbocycles. The molecule has 16 heavy (non-hydrogen) atoms. The maximum Gasteiger partial charge on any atom is -0.0190 e. The van der Waals surface area contributed by atoms with Gasteiger partial charge in [0.1, 0.15) is 0 Å². The van der Waals surface area contributed by atoms with Crippen molar-refractivity contribution in [3.05, 3.63) is 41.5 Å². The molecule has 1 aromatic rings. The molecule has 1 unspecified atom stereocenters. The topological polar surface area (TPSA) is 0 Å². The lowest BCUT2D eigenvalue weighted by molar-refractivity contribution is 0.708. The summed E-state index contributed by atoms with van der Waals surface area (Å²) >= 11 is 0. The molecule has 0 bridgehead atoms. The molecule has 1 atom stereocenters. The second-order valence-corrected chi connectivity index (χ2v) is 4.16. The van der Waals surface area contributed by atoms with Crippen LogP contribution in [0.1, 0.15) is 51.7 Å². The average molecular weight is 216 g/mol. The van der Waals surface area contributed by atoms with Crippen LogP contribution >= 0.6 is 0 Å². The lowest BCUT2D eigenvalue weighted by Crippen LogP contribution is -2.05. The Morgan fingerprint density at radius 2 is 1.88 bits per heavy atom. The highest BCUT2D eigenvalue weighted by atomic mass is 14.2. The Morgan fingerprint density at radius 3 is 2.56 bits per heavy atom. The van der Waals surface area contributed by atoms with E-state index in [1.807, 2.05) is 13.8 Å². The molecule has 0 nitrogen and oxygen atoms in total. The van der Waals surface area contributed by atoms with Gasteiger partial charge < -0.3 is 0 Å². The van der Waals surface area contributed by atoms with E-state index in [0.717, 1.165) is 0 Å². The number of allylic oxidation sites excluding steroid dienone is 2. The number of hydrogen-bond donors (Lipinski definition) is 0. The molecule has 2 rings (SSSR count). The normalized spacial score (nSPS) is 15.4. The minimum atomic E-state index is 0.705. The zero-order chi connectivity index (χ0) is 12.0. The molecule has 1 aromatic carbocycles. The maximum atomic E-state index is 2.43. The summed E-state index contributed by atoms with van der Waals surface area (Å²) in [6.07, 6.45) is 6.10. The Morgan fingerprint density at radius 1 is 1.19 bits per heavy atom. The maximum absolute atomic E-state index is 2.43. The monoisotopic (exact) mass is 216 g/mol. The van der Waals surface area contributed by atoms with Crippen molar-refractivity contribution >= 4 is 5.57 Å². The third kappa shape index (κ3) is 2.75. The quantitative estimate of drug-likeness (QED) is 0.646. The number of aryl methyl sites for hydroxylation is 1. The predicted octanol–water partition coefficient (Wildman–Crippen LogP) is 5.09. The van der Waals surface area contributed by atoms with Gasteiger partial charge in [-0.15, -0.1) is 0 Å². The number of fused-ring (bicyclic) bond motifs is 1. The van der Waals surface area contributed by atoms with E-state index in [-0.39, 0.29) is 0 Å². The van der Waals surface area contributed by atoms with Crippen molar-refractivity contribution < 1.29 is 0 Å². The molecule has 0 aliphatic heterocycles. The molecule has 0 saturated heterocycles. The Hall–Kier alpha value is -1.04. The summed E-state index contributed by atoms with van der Waals surface area (Å²) in [5, 5.41) is 0. The fraction of sp³-hybridized carbons (Fsp3) is 0.500. The Labute approximate surface area is 100 Å². The second kappa shape index (κ2) is 6.52. The van der Waals surface area contributed by atoms with Crippen LogP contribution in [0.4, 0.5) is 0 Å². The van der Waals surface area contributed by atoms with Gasteiger partial charge >= 0.3 is 0 Å². The predicted molar refractivity (Wildman–Crippen MR) is 73.5 cm³/mol. The van der Waals surface area contributed by atoms with E-state index in [0.29, 0.717) is 5.92 Å². The third-order valence-corrected chi connectivity index (χ3v) is 3.25. The van der Waals surface area contributed by atoms with Gasteiger partial charge in [-0.3, -0.25) is 0 Å². The molecule has 0 saturated carbocycles. The highest BCUT2D eigenvalue weighted by Gasteiger charge is 2.15. The van der Waals surface area contributed by atoms with Crippen LogP contribution in [-0.4, -0.2) is 0 Å². The third-order valence-electron chi connectivity index (χ3n) is 3.25. The van der Waals surface area contributed by atoms with Gasteiger partial charge in [0.05, 0.1) is 0 Å². The van der Waals surface area contributed by atoms with Crippen molar-refractivity contribution in [2.24, 2.45) is 5.92 Å². The lowest BCUT2D eigenvalue weighted by atomic mass is 9.83. The Balaban J connectivity index is 0.000000606. The van der Waals surface area contributed by atoms with E-state index in [2.05, 4.69) is 44.2 Å². The average Bonchev–Trinajstić information content (AvgIpc) is 2.39. The van der Waals surface area contributed by atoms with Gasteiger partial charge in [-0.25, -0.2) is 0 Å². The minimum Gasteiger partial charge on any atom is -0.0801 e. The van der Waals surface area contributed by atoms with Crippen molar-refractivity contribution in [3.63, 3.8) is 0 Å². The second-order valence-electron chi connectivity index (χ2n) is 4.16. The van der Waals surface area contributed by atoms with Crippen molar-refractivity contribution in [2.45, 2.75) is 47.0 Å². The summed E-state index contributed by atoms with van der Waals surface area (Å²) in [5.74, 6) is 0.705. The van der Waals surface area contributed by atoms with Gasteiger partial charge in [0.25, 0.3) is 0 Å². The molecular weight excluding hydrogens is 192 g/mol. The first kappa shape index (κ1) is 13.0. The van der Waals surface area contributed by atoms with Gasteiger partial charge in [0.15, 0.2) is 0 Å². The minimum absolute atomic E-state index is 0.705. The van der Waals surface area contributed by atoms with Gasteiger partial charge in [0, 0.05) is 0 Å². The zero-order valence-corrected chi connectivity index (χ0v) is 11.1. The van der Waals surface area contributed by atoms with Crippen LogP contribution in [0.5, 0.6) is 0 Å². The summed E-state index contributed by atoms with van der Waals surface area (Å²) < 4.78 is 0. The number of benzene rings is 1. The molecule has 0 heterocycles. The summed E-state index contributed by atoms with van der Waals surface area (Å²) in [6, 6.07) is 8.84. The Kier molecular flexibility index (Phi) is 5.31. The van der Waals surface area contributed by atoms with Crippen LogP contribution in [0.15, 0.2) is 30.3 Å². The molecule has 88 valence electrons. The SMILES string of the molecule is CC.CCC(C)C1=CCCc2ccccc21. The standard InChI is InChI=1S/C14H18.C2H6/c1-3-11(2)13-10-6-8-12-7-4-5-9-14(12)13;1-2/h4-5,7,9-11H,3,6,8H2,1-2H3;1-2H3. The van der Waals surface area contributed by atoms with Crippen LogP contribution in [0.3, 0.4) is 0 Å². The zero-order valence-electron chi connectivity index (χ0n) is 11.1. The summed E-state index contributed by atoms with van der Waals surface area (Å²) in [5.41, 5.74) is 4.59. The molecule has 0 amide bonds. The van der Waals surface area contributed by atoms with Crippen LogP contribution in [0.25, 0.3) is 5.57 Å². The van der Waals surface area contributed by atoms with Crippen LogP contribution in [0.2, 0.25) is 0 Å². The van der Waals surface area contributed by atoms with Crippen molar-refractivity contribution in [1.82, 2.24) is 0 Å². The summed E-state index contributed by atoms with van der Waals surface area (Å²) in [6.45, 7) is 8.59. The van der Waals surface area contributed by atoms with E-state index >= 15 is 0 Å². The number of rotatable bonds is 2. The lowest BCUT2D eigenvalue weighted by Gasteiger charge is -2.21. The van der Waals surface area contributed by atoms with Crippen molar-refractivity contribution in [2.75, 3.05) is 0 Å². The van der Waals surface area contributed by atoms with E-state index in [9.17, 15) is 0 Å². The highest BCUT2D eigenvalue weighted by Crippen LogP contribution is 2.32. The molecule has 1 aliphatic rings. The van der Waals surface area contributed by atoms with Crippen molar-refractivity contribution in [1.29, 1.82) is 0 Å². The molecule has 0 spiro atoms. The van der Waals surface area contributed by atoms with Gasteiger partial charge in [0.2, 0.25) is 0 Å². The molecule has 0 fully saturated rings. The highest BCUT2D eigenvalue weighted by molar-refractivity contribution is 5.71. The summed E-state index contributed by atoms with van der Waals surface area (Å²) in [7, 11) is 0. The molecule has 0 radical (unpaired) electrons. The van der Waals surface area contributed by atoms with Crippen molar-refractivity contribution in [3.8, 4) is 0 Å². The molecule has 0 N–H and O–H groups in total. The van der Waals surface area contributed by atoms with Gasteiger partial charge in [-0.1, -0.05) is 58.0 Å². The summed E-state index contributed by atoms with van der Waals surface area (Å²) in [4.78, 5) is 0. The molecule has 0 heteroatoms. The largest absolute Gasteiger partial charge is 0.0801 e. The van der Waals surface area contributed by atoms with E-state index in [1.165, 1.54) is 30.4 Å². The first-order valence-corrected chi connectivity index (χ1v) is 6.61. The van der Waals surface area contributed by atoms with E-state index < -0.39 is 0 Å². The van der Waals surface area contributed by atoms with Crippen LogP contribution in [0, 0.1) is 5.92 Å². The number of hydrogen-bond acceptors (Lipinski definition) is 0. The molecule has 0 aromatic heterocycles. The first-order valence-electron chi connectivity index (χ1n) is 6.61. The molecular formula is C16H24. The van der Waals surface area contributed by atoms with Gasteiger partial charge in [-0.05, 0) is 41.9 Å². The van der Waals surface area contributed by atoms with E-state index in [4.69, 9.17) is 0 Å². The first-order chi connectivity index (χ1) is 7.83. The fourth-order valence-electron chi connectivity index (χ4n) is 2.20. The smallest absolute Gasteiger partial charge is 0.0190 e. The van der Waals surface area contributed by atoms with Crippen LogP contribution < -0.4 is 0 Å².